The Bertz CT molecular complexity index is 466. The lowest BCUT2D eigenvalue weighted by atomic mass is 10.0. The minimum atomic E-state index is -1.68. The highest BCUT2D eigenvalue weighted by atomic mass is 16.6. The van der Waals surface area contributed by atoms with E-state index in [0.29, 0.717) is 11.1 Å². The number of hydrogen-bond donors (Lipinski definition) is 0. The lowest BCUT2D eigenvalue weighted by Crippen LogP contribution is -2.42. The molecule has 0 unspecified atom stereocenters. The smallest absolute Gasteiger partial charge is 0.304 e. The first-order chi connectivity index (χ1) is 7.47. The molecule has 0 atom stereocenters. The van der Waals surface area contributed by atoms with Crippen molar-refractivity contribution < 1.29 is 19.1 Å². The fraction of sp³-hybridized carbons (Fsp3) is 0.250. The molecule has 16 heavy (non-hydrogen) atoms. The second-order valence-corrected chi connectivity index (χ2v) is 3.83. The zero-order chi connectivity index (χ0) is 11.9. The molecule has 4 heteroatoms. The van der Waals surface area contributed by atoms with Crippen LogP contribution in [0.5, 0.6) is 0 Å². The molecule has 0 bridgehead atoms. The van der Waals surface area contributed by atoms with Gasteiger partial charge in [0.05, 0.1) is 0 Å². The Morgan fingerprint density at radius 3 is 1.94 bits per heavy atom. The third kappa shape index (κ3) is 1.26. The monoisotopic (exact) mass is 218 g/mol. The predicted octanol–water partition coefficient (Wildman–Crippen LogP) is 1.39. The average molecular weight is 218 g/mol. The lowest BCUT2D eigenvalue weighted by molar-refractivity contribution is -0.147. The SMILES string of the molecule is CC(=O)OC1(C)C(=O)c2ccccc2C1=O. The number of hydrogen-bond acceptors (Lipinski definition) is 4. The molecule has 0 heterocycles. The Morgan fingerprint density at radius 2 is 1.56 bits per heavy atom. The van der Waals surface area contributed by atoms with E-state index in [-0.39, 0.29) is 0 Å². The summed E-state index contributed by atoms with van der Waals surface area (Å²) >= 11 is 0. The van der Waals surface area contributed by atoms with Gasteiger partial charge in [-0.1, -0.05) is 24.3 Å². The zero-order valence-corrected chi connectivity index (χ0v) is 8.94. The van der Waals surface area contributed by atoms with Crippen molar-refractivity contribution in [3.05, 3.63) is 35.4 Å². The van der Waals surface area contributed by atoms with E-state index in [4.69, 9.17) is 4.74 Å². The largest absolute Gasteiger partial charge is 0.443 e. The Labute approximate surface area is 92.2 Å². The maximum Gasteiger partial charge on any atom is 0.304 e. The summed E-state index contributed by atoms with van der Waals surface area (Å²) in [6.45, 7) is 2.51. The maximum atomic E-state index is 12.0. The molecule has 0 fully saturated rings. The van der Waals surface area contributed by atoms with Crippen LogP contribution >= 0.6 is 0 Å². The number of rotatable bonds is 1. The third-order valence-corrected chi connectivity index (χ3v) is 2.63. The number of ether oxygens (including phenoxy) is 1. The number of benzene rings is 1. The van der Waals surface area contributed by atoms with E-state index in [2.05, 4.69) is 0 Å². The molecule has 0 N–H and O–H groups in total. The molecule has 82 valence electrons. The van der Waals surface area contributed by atoms with Crippen LogP contribution in [0.4, 0.5) is 0 Å². The number of ketones is 2. The van der Waals surface area contributed by atoms with Gasteiger partial charge in [0.15, 0.2) is 0 Å². The molecule has 4 nitrogen and oxygen atoms in total. The molecular formula is C12H10O4. The predicted molar refractivity (Wildman–Crippen MR) is 55.3 cm³/mol. The van der Waals surface area contributed by atoms with Gasteiger partial charge in [0.25, 0.3) is 0 Å². The zero-order valence-electron chi connectivity index (χ0n) is 8.94. The summed E-state index contributed by atoms with van der Waals surface area (Å²) in [5, 5.41) is 0. The lowest BCUT2D eigenvalue weighted by Gasteiger charge is -2.19. The van der Waals surface area contributed by atoms with Crippen molar-refractivity contribution in [2.24, 2.45) is 0 Å². The van der Waals surface area contributed by atoms with Gasteiger partial charge in [-0.25, -0.2) is 0 Å². The van der Waals surface area contributed by atoms with E-state index in [1.54, 1.807) is 24.3 Å². The van der Waals surface area contributed by atoms with Crippen molar-refractivity contribution in [3.63, 3.8) is 0 Å². The highest BCUT2D eigenvalue weighted by molar-refractivity contribution is 6.32. The van der Waals surface area contributed by atoms with Crippen LogP contribution in [0.25, 0.3) is 0 Å². The first kappa shape index (κ1) is 10.5. The average Bonchev–Trinajstić information content (AvgIpc) is 2.42. The highest BCUT2D eigenvalue weighted by Crippen LogP contribution is 2.32. The summed E-state index contributed by atoms with van der Waals surface area (Å²) in [5.74, 6) is -1.55. The number of carbonyl (C=O) groups is 3. The van der Waals surface area contributed by atoms with E-state index >= 15 is 0 Å². The van der Waals surface area contributed by atoms with E-state index in [1.807, 2.05) is 0 Å². The summed E-state index contributed by atoms with van der Waals surface area (Å²) in [4.78, 5) is 34.9. The van der Waals surface area contributed by atoms with Gasteiger partial charge < -0.3 is 4.74 Å². The van der Waals surface area contributed by atoms with Gasteiger partial charge in [0.1, 0.15) is 0 Å². The summed E-state index contributed by atoms with van der Waals surface area (Å²) in [5.41, 5.74) is -1.05. The number of carbonyl (C=O) groups excluding carboxylic acids is 3. The van der Waals surface area contributed by atoms with Crippen molar-refractivity contribution in [1.82, 2.24) is 0 Å². The van der Waals surface area contributed by atoms with Crippen molar-refractivity contribution in [1.29, 1.82) is 0 Å². The Kier molecular flexibility index (Phi) is 2.15. The van der Waals surface area contributed by atoms with Gasteiger partial charge in [0, 0.05) is 18.1 Å². The minimum absolute atomic E-state index is 0.316. The highest BCUT2D eigenvalue weighted by Gasteiger charge is 2.52. The molecule has 0 spiro atoms. The molecule has 0 amide bonds. The van der Waals surface area contributed by atoms with Gasteiger partial charge in [-0.2, -0.15) is 0 Å². The molecule has 0 aliphatic heterocycles. The Hall–Kier alpha value is -1.97. The fourth-order valence-corrected chi connectivity index (χ4v) is 1.88. The molecule has 1 aromatic carbocycles. The van der Waals surface area contributed by atoms with Crippen molar-refractivity contribution in [2.75, 3.05) is 0 Å². The van der Waals surface area contributed by atoms with Gasteiger partial charge in [-0.05, 0) is 6.92 Å². The molecule has 1 aliphatic rings. The van der Waals surface area contributed by atoms with Gasteiger partial charge >= 0.3 is 5.97 Å². The van der Waals surface area contributed by atoms with Gasteiger partial charge in [0.2, 0.25) is 17.2 Å². The molecular weight excluding hydrogens is 208 g/mol. The van der Waals surface area contributed by atoms with Crippen LogP contribution in [-0.2, 0) is 9.53 Å². The van der Waals surface area contributed by atoms with Crippen LogP contribution in [0.1, 0.15) is 34.6 Å². The van der Waals surface area contributed by atoms with Crippen molar-refractivity contribution >= 4 is 17.5 Å². The van der Waals surface area contributed by atoms with Crippen molar-refractivity contribution in [3.8, 4) is 0 Å². The van der Waals surface area contributed by atoms with Crippen LogP contribution in [0.2, 0.25) is 0 Å². The maximum absolute atomic E-state index is 12.0. The third-order valence-electron chi connectivity index (χ3n) is 2.63. The first-order valence-electron chi connectivity index (χ1n) is 4.85. The molecule has 2 rings (SSSR count). The number of fused-ring (bicyclic) bond motifs is 1. The Balaban J connectivity index is 2.53. The van der Waals surface area contributed by atoms with Gasteiger partial charge in [-0.3, -0.25) is 14.4 Å². The van der Waals surface area contributed by atoms with E-state index in [0.717, 1.165) is 0 Å². The number of esters is 1. The molecule has 0 aromatic heterocycles. The van der Waals surface area contributed by atoms with Crippen LogP contribution in [-0.4, -0.2) is 23.1 Å². The van der Waals surface area contributed by atoms with Crippen LogP contribution in [0.15, 0.2) is 24.3 Å². The standard InChI is InChI=1S/C12H10O4/c1-7(13)16-12(2)10(14)8-5-3-4-6-9(8)11(12)15/h3-6H,1-2H3. The topological polar surface area (TPSA) is 60.4 Å². The summed E-state index contributed by atoms with van der Waals surface area (Å²) in [7, 11) is 0. The quantitative estimate of drug-likeness (QED) is 0.528. The van der Waals surface area contributed by atoms with Crippen LogP contribution in [0, 0.1) is 0 Å². The second kappa shape index (κ2) is 3.27. The molecule has 0 saturated heterocycles. The van der Waals surface area contributed by atoms with Crippen LogP contribution < -0.4 is 0 Å². The first-order valence-corrected chi connectivity index (χ1v) is 4.85. The summed E-state index contributed by atoms with van der Waals surface area (Å²) in [6, 6.07) is 6.46. The molecule has 1 aromatic rings. The summed E-state index contributed by atoms with van der Waals surface area (Å²) < 4.78 is 4.87. The minimum Gasteiger partial charge on any atom is -0.443 e. The van der Waals surface area contributed by atoms with Crippen molar-refractivity contribution in [2.45, 2.75) is 19.4 Å². The second-order valence-electron chi connectivity index (χ2n) is 3.83. The molecule has 1 aliphatic carbocycles. The number of Topliss-reactive ketones (excluding diaryl/α,β-unsaturated/α-hetero) is 2. The van der Waals surface area contributed by atoms with E-state index in [1.165, 1.54) is 13.8 Å². The van der Waals surface area contributed by atoms with E-state index < -0.39 is 23.1 Å². The molecule has 0 saturated carbocycles. The molecule has 0 radical (unpaired) electrons. The van der Waals surface area contributed by atoms with Gasteiger partial charge in [-0.15, -0.1) is 0 Å². The summed E-state index contributed by atoms with van der Waals surface area (Å²) in [6.07, 6.45) is 0. The normalized spacial score (nSPS) is 17.1. The van der Waals surface area contributed by atoms with Crippen LogP contribution in [0.3, 0.4) is 0 Å². The van der Waals surface area contributed by atoms with E-state index in [9.17, 15) is 14.4 Å². The Morgan fingerprint density at radius 1 is 1.12 bits per heavy atom. The fourth-order valence-electron chi connectivity index (χ4n) is 1.88.